The Kier molecular flexibility index (Phi) is 2.91. The quantitative estimate of drug-likeness (QED) is 0.821. The molecule has 0 bridgehead atoms. The largest absolute Gasteiger partial charge is 0.475 e. The van der Waals surface area contributed by atoms with E-state index in [0.717, 1.165) is 12.8 Å². The molecule has 1 unspecified atom stereocenters. The summed E-state index contributed by atoms with van der Waals surface area (Å²) in [4.78, 5) is 14.5. The normalized spacial score (nSPS) is 30.2. The predicted molar refractivity (Wildman–Crippen MR) is 53.2 cm³/mol. The zero-order valence-corrected chi connectivity index (χ0v) is 9.21. The van der Waals surface area contributed by atoms with Gasteiger partial charge in [-0.05, 0) is 31.8 Å². The third-order valence-electron chi connectivity index (χ3n) is 2.68. The van der Waals surface area contributed by atoms with Crippen molar-refractivity contribution in [3.05, 3.63) is 11.7 Å². The fourth-order valence-corrected chi connectivity index (χ4v) is 2.09. The van der Waals surface area contributed by atoms with Crippen molar-refractivity contribution in [2.75, 3.05) is 0 Å². The van der Waals surface area contributed by atoms with Crippen molar-refractivity contribution in [2.24, 2.45) is 0 Å². The predicted octanol–water partition coefficient (Wildman–Crippen LogP) is 1.44. The van der Waals surface area contributed by atoms with Gasteiger partial charge in [0.1, 0.15) is 0 Å². The van der Waals surface area contributed by atoms with E-state index in [1.54, 1.807) is 0 Å². The van der Waals surface area contributed by atoms with Crippen molar-refractivity contribution in [1.29, 1.82) is 0 Å². The number of rotatable bonds is 2. The molecule has 0 saturated carbocycles. The van der Waals surface area contributed by atoms with Crippen molar-refractivity contribution < 1.29 is 19.2 Å². The molecule has 1 N–H and O–H groups in total. The molecular formula is C10H14N2O4. The van der Waals surface area contributed by atoms with Crippen LogP contribution >= 0.6 is 0 Å². The van der Waals surface area contributed by atoms with Crippen LogP contribution < -0.4 is 0 Å². The second-order valence-electron chi connectivity index (χ2n) is 4.19. The van der Waals surface area contributed by atoms with Gasteiger partial charge in [-0.1, -0.05) is 0 Å². The summed E-state index contributed by atoms with van der Waals surface area (Å²) in [5, 5.41) is 12.1. The van der Waals surface area contributed by atoms with Crippen molar-refractivity contribution in [3.8, 4) is 0 Å². The van der Waals surface area contributed by atoms with Gasteiger partial charge in [0.25, 0.3) is 5.82 Å². The number of nitrogens with zero attached hydrogens (tertiary/aromatic N) is 2. The standard InChI is InChI=1S/C10H14N2O4/c1-5-3-7(4-6(2)15-5)9-11-8(10(13)14)12-16-9/h5-7H,3-4H2,1-2H3,(H,13,14)/t5-,6+,7?. The van der Waals surface area contributed by atoms with Gasteiger partial charge in [0, 0.05) is 5.92 Å². The molecule has 0 radical (unpaired) electrons. The van der Waals surface area contributed by atoms with Gasteiger partial charge >= 0.3 is 5.97 Å². The van der Waals surface area contributed by atoms with Crippen LogP contribution in [0.3, 0.4) is 0 Å². The van der Waals surface area contributed by atoms with E-state index in [2.05, 4.69) is 10.1 Å². The van der Waals surface area contributed by atoms with Crippen molar-refractivity contribution in [3.63, 3.8) is 0 Å². The number of carbonyl (C=O) groups is 1. The molecule has 0 amide bonds. The number of hydrogen-bond acceptors (Lipinski definition) is 5. The van der Waals surface area contributed by atoms with Crippen LogP contribution in [-0.4, -0.2) is 33.4 Å². The van der Waals surface area contributed by atoms with Gasteiger partial charge in [-0.2, -0.15) is 4.98 Å². The molecule has 1 aliphatic heterocycles. The Morgan fingerprint density at radius 1 is 1.38 bits per heavy atom. The molecule has 0 aliphatic carbocycles. The van der Waals surface area contributed by atoms with E-state index < -0.39 is 5.97 Å². The molecule has 3 atom stereocenters. The SMILES string of the molecule is C[C@@H]1CC(c2nc(C(=O)O)no2)C[C@H](C)O1. The molecular weight excluding hydrogens is 212 g/mol. The Morgan fingerprint density at radius 3 is 2.50 bits per heavy atom. The highest BCUT2D eigenvalue weighted by molar-refractivity contribution is 5.82. The van der Waals surface area contributed by atoms with E-state index in [4.69, 9.17) is 14.4 Å². The Morgan fingerprint density at radius 2 is 2.00 bits per heavy atom. The van der Waals surface area contributed by atoms with E-state index >= 15 is 0 Å². The van der Waals surface area contributed by atoms with Crippen LogP contribution in [0.25, 0.3) is 0 Å². The van der Waals surface area contributed by atoms with Gasteiger partial charge in [-0.25, -0.2) is 4.79 Å². The average Bonchev–Trinajstić information content (AvgIpc) is 2.64. The first-order valence-electron chi connectivity index (χ1n) is 5.28. The third-order valence-corrected chi connectivity index (χ3v) is 2.68. The number of aromatic carboxylic acids is 1. The van der Waals surface area contributed by atoms with E-state index in [9.17, 15) is 4.79 Å². The highest BCUT2D eigenvalue weighted by Gasteiger charge is 2.30. The number of carboxylic acid groups (broad SMARTS) is 1. The maximum absolute atomic E-state index is 10.6. The minimum absolute atomic E-state index is 0.0966. The summed E-state index contributed by atoms with van der Waals surface area (Å²) in [7, 11) is 0. The number of hydrogen-bond donors (Lipinski definition) is 1. The van der Waals surface area contributed by atoms with Crippen LogP contribution in [0.2, 0.25) is 0 Å². The molecule has 1 aliphatic rings. The van der Waals surface area contributed by atoms with Crippen LogP contribution in [0, 0.1) is 0 Å². The second kappa shape index (κ2) is 4.21. The Labute approximate surface area is 92.6 Å². The van der Waals surface area contributed by atoms with Crippen LogP contribution in [-0.2, 0) is 4.74 Å². The molecule has 0 aromatic carbocycles. The second-order valence-corrected chi connectivity index (χ2v) is 4.19. The first-order chi connectivity index (χ1) is 7.56. The van der Waals surface area contributed by atoms with Crippen LogP contribution in [0.15, 0.2) is 4.52 Å². The van der Waals surface area contributed by atoms with Gasteiger partial charge < -0.3 is 14.4 Å². The van der Waals surface area contributed by atoms with Crippen molar-refractivity contribution >= 4 is 5.97 Å². The fraction of sp³-hybridized carbons (Fsp3) is 0.700. The summed E-state index contributed by atoms with van der Waals surface area (Å²) in [6.07, 6.45) is 1.83. The summed E-state index contributed by atoms with van der Waals surface area (Å²) >= 11 is 0. The lowest BCUT2D eigenvalue weighted by Gasteiger charge is -2.29. The van der Waals surface area contributed by atoms with Crippen molar-refractivity contribution in [1.82, 2.24) is 10.1 Å². The molecule has 1 aromatic heterocycles. The smallest absolute Gasteiger partial charge is 0.377 e. The van der Waals surface area contributed by atoms with Crippen LogP contribution in [0.1, 0.15) is 49.1 Å². The van der Waals surface area contributed by atoms with Gasteiger partial charge in [-0.3, -0.25) is 0 Å². The average molecular weight is 226 g/mol. The van der Waals surface area contributed by atoms with Crippen LogP contribution in [0.5, 0.6) is 0 Å². The topological polar surface area (TPSA) is 85.5 Å². The third kappa shape index (κ3) is 2.21. The van der Waals surface area contributed by atoms with Crippen molar-refractivity contribution in [2.45, 2.75) is 44.8 Å². The first kappa shape index (κ1) is 11.1. The minimum atomic E-state index is -1.16. The maximum atomic E-state index is 10.6. The zero-order chi connectivity index (χ0) is 11.7. The minimum Gasteiger partial charge on any atom is -0.475 e. The lowest BCUT2D eigenvalue weighted by atomic mass is 9.92. The lowest BCUT2D eigenvalue weighted by Crippen LogP contribution is -2.28. The van der Waals surface area contributed by atoms with E-state index in [0.29, 0.717) is 5.89 Å². The van der Waals surface area contributed by atoms with E-state index in [-0.39, 0.29) is 24.0 Å². The van der Waals surface area contributed by atoms with E-state index in [1.165, 1.54) is 0 Å². The van der Waals surface area contributed by atoms with Gasteiger partial charge in [0.2, 0.25) is 5.89 Å². The zero-order valence-electron chi connectivity index (χ0n) is 9.21. The summed E-state index contributed by atoms with van der Waals surface area (Å²) in [6.45, 7) is 3.97. The maximum Gasteiger partial charge on any atom is 0.377 e. The first-order valence-corrected chi connectivity index (χ1v) is 5.28. The number of aromatic nitrogens is 2. The lowest BCUT2D eigenvalue weighted by molar-refractivity contribution is -0.0419. The molecule has 16 heavy (non-hydrogen) atoms. The molecule has 88 valence electrons. The molecule has 6 heteroatoms. The summed E-state index contributed by atoms with van der Waals surface area (Å²) < 4.78 is 10.6. The highest BCUT2D eigenvalue weighted by atomic mass is 16.5. The van der Waals surface area contributed by atoms with Gasteiger partial charge in [-0.15, -0.1) is 0 Å². The number of ether oxygens (including phenoxy) is 1. The summed E-state index contributed by atoms with van der Waals surface area (Å²) in [5.74, 6) is -0.941. The molecule has 1 saturated heterocycles. The Bertz CT molecular complexity index is 380. The molecule has 2 rings (SSSR count). The van der Waals surface area contributed by atoms with E-state index in [1.807, 2.05) is 13.8 Å². The number of carboxylic acids is 1. The molecule has 1 aromatic rings. The Balaban J connectivity index is 2.13. The molecule has 6 nitrogen and oxygen atoms in total. The van der Waals surface area contributed by atoms with Crippen LogP contribution in [0.4, 0.5) is 0 Å². The molecule has 0 spiro atoms. The fourth-order valence-electron chi connectivity index (χ4n) is 2.09. The molecule has 2 heterocycles. The molecule has 1 fully saturated rings. The monoisotopic (exact) mass is 226 g/mol. The van der Waals surface area contributed by atoms with Gasteiger partial charge in [0.05, 0.1) is 12.2 Å². The highest BCUT2D eigenvalue weighted by Crippen LogP contribution is 2.31. The summed E-state index contributed by atoms with van der Waals surface area (Å²) in [6, 6.07) is 0. The van der Waals surface area contributed by atoms with Gasteiger partial charge in [0.15, 0.2) is 0 Å². The summed E-state index contributed by atoms with van der Waals surface area (Å²) in [5.41, 5.74) is 0. The Hall–Kier alpha value is -1.43.